The molecule has 152 valence electrons. The van der Waals surface area contributed by atoms with E-state index in [-0.39, 0.29) is 17.4 Å². The molecule has 0 saturated heterocycles. The SMILES string of the molecule is CC(C)C(=O)Nc1ccccc1SCc1cc(=O)n2c(-c3ccccc3)csc2n1. The maximum absolute atomic E-state index is 12.8. The number of benzene rings is 2. The summed E-state index contributed by atoms with van der Waals surface area (Å²) in [4.78, 5) is 31.2. The molecule has 0 fully saturated rings. The van der Waals surface area contributed by atoms with Crippen molar-refractivity contribution in [3.8, 4) is 11.3 Å². The van der Waals surface area contributed by atoms with Gasteiger partial charge in [0.05, 0.1) is 17.1 Å². The predicted octanol–water partition coefficient (Wildman–Crippen LogP) is 5.31. The molecule has 30 heavy (non-hydrogen) atoms. The molecule has 1 N–H and O–H groups in total. The number of nitrogens with one attached hydrogen (secondary N) is 1. The van der Waals surface area contributed by atoms with Crippen molar-refractivity contribution in [3.63, 3.8) is 0 Å². The molecular formula is C23H21N3O2S2. The van der Waals surface area contributed by atoms with Crippen molar-refractivity contribution in [1.82, 2.24) is 9.38 Å². The summed E-state index contributed by atoms with van der Waals surface area (Å²) in [5.74, 6) is 0.427. The fourth-order valence-electron chi connectivity index (χ4n) is 2.97. The number of carbonyl (C=O) groups excluding carboxylic acids is 1. The van der Waals surface area contributed by atoms with Gasteiger partial charge in [-0.15, -0.1) is 23.1 Å². The van der Waals surface area contributed by atoms with E-state index >= 15 is 0 Å². The van der Waals surface area contributed by atoms with E-state index in [1.54, 1.807) is 22.2 Å². The molecule has 0 atom stereocenters. The van der Waals surface area contributed by atoms with Crippen LogP contribution < -0.4 is 10.9 Å². The maximum Gasteiger partial charge on any atom is 0.259 e. The van der Waals surface area contributed by atoms with E-state index in [1.807, 2.05) is 73.8 Å². The Labute approximate surface area is 182 Å². The van der Waals surface area contributed by atoms with Crippen molar-refractivity contribution in [3.05, 3.63) is 82.1 Å². The van der Waals surface area contributed by atoms with Crippen LogP contribution in [0, 0.1) is 5.92 Å². The van der Waals surface area contributed by atoms with Gasteiger partial charge in [-0.05, 0) is 17.7 Å². The van der Waals surface area contributed by atoms with Crippen molar-refractivity contribution >= 4 is 39.7 Å². The number of thiazole rings is 1. The predicted molar refractivity (Wildman–Crippen MR) is 124 cm³/mol. The Morgan fingerprint density at radius 2 is 1.87 bits per heavy atom. The van der Waals surface area contributed by atoms with E-state index in [2.05, 4.69) is 10.3 Å². The fourth-order valence-corrected chi connectivity index (χ4v) is 4.80. The van der Waals surface area contributed by atoms with Crippen LogP contribution in [0.2, 0.25) is 0 Å². The number of amides is 1. The standard InChI is InChI=1S/C23H21N3O2S2/c1-15(2)22(28)25-18-10-6-7-11-20(18)29-13-17-12-21(27)26-19(14-30-23(26)24-17)16-8-4-3-5-9-16/h3-12,14-15H,13H2,1-2H3,(H,25,28). The Bertz CT molecular complexity index is 1250. The van der Waals surface area contributed by atoms with Crippen molar-refractivity contribution < 1.29 is 4.79 Å². The van der Waals surface area contributed by atoms with Gasteiger partial charge in [0.2, 0.25) is 5.91 Å². The topological polar surface area (TPSA) is 63.5 Å². The highest BCUT2D eigenvalue weighted by molar-refractivity contribution is 7.98. The minimum absolute atomic E-state index is 0.0205. The molecule has 0 aliphatic carbocycles. The molecule has 0 bridgehead atoms. The van der Waals surface area contributed by atoms with E-state index in [9.17, 15) is 9.59 Å². The zero-order valence-electron chi connectivity index (χ0n) is 16.7. The van der Waals surface area contributed by atoms with Gasteiger partial charge in [0, 0.05) is 28.0 Å². The first-order valence-electron chi connectivity index (χ1n) is 9.61. The quantitative estimate of drug-likeness (QED) is 0.417. The Morgan fingerprint density at radius 1 is 1.13 bits per heavy atom. The van der Waals surface area contributed by atoms with Crippen LogP contribution in [0.15, 0.2) is 75.7 Å². The minimum Gasteiger partial charge on any atom is -0.325 e. The van der Waals surface area contributed by atoms with E-state index in [0.717, 1.165) is 27.5 Å². The summed E-state index contributed by atoms with van der Waals surface area (Å²) < 4.78 is 1.66. The van der Waals surface area contributed by atoms with Crippen molar-refractivity contribution in [2.75, 3.05) is 5.32 Å². The van der Waals surface area contributed by atoms with Gasteiger partial charge in [-0.3, -0.25) is 14.0 Å². The van der Waals surface area contributed by atoms with Crippen LogP contribution in [0.4, 0.5) is 5.69 Å². The van der Waals surface area contributed by atoms with Crippen molar-refractivity contribution in [1.29, 1.82) is 0 Å². The van der Waals surface area contributed by atoms with Crippen LogP contribution in [0.3, 0.4) is 0 Å². The summed E-state index contributed by atoms with van der Waals surface area (Å²) in [7, 11) is 0. The zero-order chi connectivity index (χ0) is 21.1. The lowest BCUT2D eigenvalue weighted by Gasteiger charge is -2.12. The first-order chi connectivity index (χ1) is 14.5. The largest absolute Gasteiger partial charge is 0.325 e. The number of anilines is 1. The van der Waals surface area contributed by atoms with Gasteiger partial charge in [-0.1, -0.05) is 56.3 Å². The molecule has 4 aromatic rings. The molecule has 0 spiro atoms. The first-order valence-corrected chi connectivity index (χ1v) is 11.5. The third-order valence-corrected chi connectivity index (χ3v) is 6.51. The van der Waals surface area contributed by atoms with Crippen LogP contribution in [0.25, 0.3) is 16.2 Å². The summed E-state index contributed by atoms with van der Waals surface area (Å²) in [6.45, 7) is 3.73. The number of hydrogen-bond acceptors (Lipinski definition) is 5. The van der Waals surface area contributed by atoms with Gasteiger partial charge in [-0.2, -0.15) is 0 Å². The van der Waals surface area contributed by atoms with E-state index in [1.165, 1.54) is 11.3 Å². The number of nitrogens with zero attached hydrogens (tertiary/aromatic N) is 2. The van der Waals surface area contributed by atoms with Crippen molar-refractivity contribution in [2.24, 2.45) is 5.92 Å². The molecule has 5 nitrogen and oxygen atoms in total. The molecule has 0 aliphatic rings. The van der Waals surface area contributed by atoms with E-state index in [4.69, 9.17) is 0 Å². The number of fused-ring (bicyclic) bond motifs is 1. The molecule has 2 heterocycles. The lowest BCUT2D eigenvalue weighted by molar-refractivity contribution is -0.118. The fraction of sp³-hybridized carbons (Fsp3) is 0.174. The van der Waals surface area contributed by atoms with Gasteiger partial charge >= 0.3 is 0 Å². The summed E-state index contributed by atoms with van der Waals surface area (Å²) in [5, 5.41) is 4.93. The smallest absolute Gasteiger partial charge is 0.259 e. The number of rotatable bonds is 6. The van der Waals surface area contributed by atoms with Crippen LogP contribution in [-0.4, -0.2) is 15.3 Å². The van der Waals surface area contributed by atoms with E-state index < -0.39 is 0 Å². The van der Waals surface area contributed by atoms with Gasteiger partial charge < -0.3 is 5.32 Å². The highest BCUT2D eigenvalue weighted by Gasteiger charge is 2.13. The molecule has 0 aliphatic heterocycles. The van der Waals surface area contributed by atoms with Crippen molar-refractivity contribution in [2.45, 2.75) is 24.5 Å². The second kappa shape index (κ2) is 8.85. The highest BCUT2D eigenvalue weighted by atomic mass is 32.2. The molecule has 7 heteroatoms. The molecule has 1 amide bonds. The van der Waals surface area contributed by atoms with Crippen LogP contribution >= 0.6 is 23.1 Å². The number of aromatic nitrogens is 2. The van der Waals surface area contributed by atoms with Gasteiger partial charge in [0.1, 0.15) is 0 Å². The molecule has 0 saturated carbocycles. The minimum atomic E-state index is -0.0928. The highest BCUT2D eigenvalue weighted by Crippen LogP contribution is 2.30. The molecule has 0 unspecified atom stereocenters. The summed E-state index contributed by atoms with van der Waals surface area (Å²) in [6.07, 6.45) is 0. The Hall–Kier alpha value is -2.90. The van der Waals surface area contributed by atoms with Crippen LogP contribution in [0.1, 0.15) is 19.5 Å². The van der Waals surface area contributed by atoms with Gasteiger partial charge in [0.25, 0.3) is 5.56 Å². The Balaban J connectivity index is 1.58. The number of thioether (sulfide) groups is 1. The number of hydrogen-bond donors (Lipinski definition) is 1. The molecule has 4 rings (SSSR count). The third-order valence-electron chi connectivity index (χ3n) is 4.57. The normalized spacial score (nSPS) is 11.2. The van der Waals surface area contributed by atoms with Crippen LogP contribution in [0.5, 0.6) is 0 Å². The average molecular weight is 436 g/mol. The first kappa shape index (κ1) is 20.4. The summed E-state index contributed by atoms with van der Waals surface area (Å²) in [6, 6.07) is 19.1. The number of para-hydroxylation sites is 1. The Morgan fingerprint density at radius 3 is 2.63 bits per heavy atom. The Kier molecular flexibility index (Phi) is 6.01. The molecular weight excluding hydrogens is 414 g/mol. The summed E-state index contributed by atoms with van der Waals surface area (Å²) >= 11 is 3.01. The average Bonchev–Trinajstić information content (AvgIpc) is 3.18. The second-order valence-corrected chi connectivity index (χ2v) is 8.97. The molecule has 0 radical (unpaired) electrons. The van der Waals surface area contributed by atoms with Crippen LogP contribution in [-0.2, 0) is 10.5 Å². The number of carbonyl (C=O) groups is 1. The van der Waals surface area contributed by atoms with Gasteiger partial charge in [-0.25, -0.2) is 4.98 Å². The summed E-state index contributed by atoms with van der Waals surface area (Å²) in [5.41, 5.74) is 3.26. The molecule has 2 aromatic heterocycles. The third kappa shape index (κ3) is 4.32. The lowest BCUT2D eigenvalue weighted by atomic mass is 10.2. The second-order valence-electron chi connectivity index (χ2n) is 7.12. The van der Waals surface area contributed by atoms with E-state index in [0.29, 0.717) is 10.7 Å². The maximum atomic E-state index is 12.8. The zero-order valence-corrected chi connectivity index (χ0v) is 18.3. The lowest BCUT2D eigenvalue weighted by Crippen LogP contribution is -2.18. The van der Waals surface area contributed by atoms with Gasteiger partial charge in [0.15, 0.2) is 4.96 Å². The monoisotopic (exact) mass is 435 g/mol. The molecule has 2 aromatic carbocycles.